The first-order valence-electron chi connectivity index (χ1n) is 5.88. The van der Waals surface area contributed by atoms with Crippen molar-refractivity contribution in [3.63, 3.8) is 0 Å². The third-order valence-electron chi connectivity index (χ3n) is 2.22. The number of hydrogen-bond donors (Lipinski definition) is 0. The summed E-state index contributed by atoms with van der Waals surface area (Å²) in [6, 6.07) is 20.2. The van der Waals surface area contributed by atoms with Gasteiger partial charge >= 0.3 is 42.1 Å². The molecule has 0 radical (unpaired) electrons. The van der Waals surface area contributed by atoms with E-state index in [4.69, 9.17) is 0 Å². The third kappa shape index (κ3) is 14.5. The average molecular weight is 695 g/mol. The van der Waals surface area contributed by atoms with Crippen molar-refractivity contribution in [1.82, 2.24) is 0 Å². The molecule has 0 nitrogen and oxygen atoms in total. The summed E-state index contributed by atoms with van der Waals surface area (Å²) >= 11 is 0. The molecule has 0 N–H and O–H groups in total. The molecule has 2 aromatic carbocycles. The molecule has 0 aliphatic rings. The van der Waals surface area contributed by atoms with Crippen LogP contribution in [0.4, 0.5) is 0 Å². The van der Waals surface area contributed by atoms with Gasteiger partial charge in [0.2, 0.25) is 0 Å². The predicted octanol–water partition coefficient (Wildman–Crippen LogP) is -0.929. The molecule has 0 saturated carbocycles. The summed E-state index contributed by atoms with van der Waals surface area (Å²) in [7, 11) is 0. The van der Waals surface area contributed by atoms with Gasteiger partial charge in [0.05, 0.1) is 0 Å². The number of rotatable bonds is 2. The van der Waals surface area contributed by atoms with E-state index in [1.807, 2.05) is 72.8 Å². The Hall–Kier alpha value is -0.383. The van der Waals surface area contributed by atoms with Crippen LogP contribution in [0.5, 0.6) is 0 Å². The Kier molecular flexibility index (Phi) is 27.7. The molecule has 124 valence electrons. The van der Waals surface area contributed by atoms with Gasteiger partial charge in [-0.25, -0.2) is 38.2 Å². The number of allylic oxidation sites excluding steroid dienone is 2. The minimum absolute atomic E-state index is 0. The van der Waals surface area contributed by atoms with E-state index in [0.717, 1.165) is 0 Å². The van der Waals surface area contributed by atoms with Crippen LogP contribution < -0.4 is 24.8 Å². The molecule has 4 heteroatoms. The molecule has 2 rings (SSSR count). The van der Waals surface area contributed by atoms with Crippen LogP contribution in [0.15, 0.2) is 72.8 Å². The van der Waals surface area contributed by atoms with Gasteiger partial charge in [0, 0.05) is 0 Å². The fourth-order valence-corrected chi connectivity index (χ4v) is 1.40. The fraction of sp³-hybridized carbons (Fsp3) is 0. The molecule has 0 heterocycles. The molecule has 22 heavy (non-hydrogen) atoms. The van der Waals surface area contributed by atoms with Gasteiger partial charge in [-0.2, -0.15) is 0 Å². The van der Waals surface area contributed by atoms with Crippen LogP contribution in [0.1, 0.15) is 11.1 Å². The van der Waals surface area contributed by atoms with Gasteiger partial charge in [-0.15, -0.1) is 11.1 Å². The van der Waals surface area contributed by atoms with Crippen molar-refractivity contribution in [2.24, 2.45) is 0 Å². The van der Waals surface area contributed by atoms with Gasteiger partial charge in [-0.3, -0.25) is 0 Å². The molecule has 0 bridgehead atoms. The van der Waals surface area contributed by atoms with Gasteiger partial charge in [0.1, 0.15) is 0 Å². The normalized spacial score (nSPS) is 8.36. The quantitative estimate of drug-likeness (QED) is 0.357. The minimum Gasteiger partial charge on any atom is -1.00 e. The summed E-state index contributed by atoms with van der Waals surface area (Å²) in [4.78, 5) is 0. The summed E-state index contributed by atoms with van der Waals surface area (Å²) in [6.07, 6.45) is 7.52. The van der Waals surface area contributed by atoms with Crippen molar-refractivity contribution in [2.45, 2.75) is 0 Å². The molecule has 0 aromatic heterocycles. The van der Waals surface area contributed by atoms with Crippen LogP contribution in [0.3, 0.4) is 0 Å². The predicted molar refractivity (Wildman–Crippen MR) is 81.7 cm³/mol. The molecule has 2 aromatic rings. The maximum atomic E-state index is 3.60. The van der Waals surface area contributed by atoms with Crippen LogP contribution >= 0.6 is 0 Å². The Balaban J connectivity index is -0.000000125. The second kappa shape index (κ2) is 20.6. The largest absolute Gasteiger partial charge is 2.00 e. The van der Waals surface area contributed by atoms with E-state index in [1.54, 1.807) is 12.2 Å². The third-order valence-corrected chi connectivity index (χ3v) is 2.22. The first-order chi connectivity index (χ1) is 8.86. The molecule has 0 amide bonds. The van der Waals surface area contributed by atoms with Gasteiger partial charge in [-0.1, -0.05) is 60.7 Å². The van der Waals surface area contributed by atoms with Crippen molar-refractivity contribution >= 4 is 12.2 Å². The van der Waals surface area contributed by atoms with E-state index < -0.39 is 0 Å². The average Bonchev–Trinajstić information content (AvgIpc) is 2.43. The second-order valence-electron chi connectivity index (χ2n) is 3.63. The van der Waals surface area contributed by atoms with Crippen molar-refractivity contribution in [2.75, 3.05) is 0 Å². The van der Waals surface area contributed by atoms with E-state index in [-0.39, 0.29) is 66.9 Å². The molecule has 0 saturated heterocycles. The first kappa shape index (κ1) is 29.6. The summed E-state index contributed by atoms with van der Waals surface area (Å²) < 4.78 is 0. The Morgan fingerprint density at radius 2 is 0.818 bits per heavy atom. The monoisotopic (exact) mass is 694 g/mol. The van der Waals surface area contributed by atoms with Crippen molar-refractivity contribution in [1.29, 1.82) is 0 Å². The molecule has 0 aliphatic carbocycles. The Morgan fingerprint density at radius 3 is 1.05 bits per heavy atom. The molecular formula is C18H18Cl2Pt2. The fourth-order valence-electron chi connectivity index (χ4n) is 1.40. The first-order valence-corrected chi connectivity index (χ1v) is 5.88. The Labute approximate surface area is 175 Å². The molecule has 0 aliphatic heterocycles. The zero-order valence-corrected chi connectivity index (χ0v) is 17.9. The zero-order valence-electron chi connectivity index (χ0n) is 11.9. The smallest absolute Gasteiger partial charge is 1.00 e. The topological polar surface area (TPSA) is 0 Å². The SMILES string of the molecule is [CH2-]/C=C/c1ccccc1.[CH2-]/C=C/c1ccccc1.[Cl-].[Cl-].[Pt+2].[Pt+2]. The van der Waals surface area contributed by atoms with E-state index in [0.29, 0.717) is 0 Å². The van der Waals surface area contributed by atoms with E-state index in [9.17, 15) is 0 Å². The van der Waals surface area contributed by atoms with Crippen molar-refractivity contribution in [3.05, 3.63) is 97.8 Å². The molecule has 0 fully saturated rings. The Morgan fingerprint density at radius 1 is 0.545 bits per heavy atom. The second-order valence-corrected chi connectivity index (χ2v) is 3.63. The zero-order chi connectivity index (χ0) is 13.1. The van der Waals surface area contributed by atoms with Gasteiger partial charge in [0.15, 0.2) is 0 Å². The number of hydrogen-bond acceptors (Lipinski definition) is 0. The number of benzene rings is 2. The van der Waals surface area contributed by atoms with E-state index >= 15 is 0 Å². The van der Waals surface area contributed by atoms with Crippen LogP contribution in [-0.2, 0) is 42.1 Å². The minimum atomic E-state index is 0. The van der Waals surface area contributed by atoms with Crippen molar-refractivity contribution in [3.8, 4) is 0 Å². The standard InChI is InChI=1S/2C9H9.2ClH.2Pt/c2*1-2-6-9-7-4-3-5-8-9;;;;/h2*2-8H,1H2;2*1H;;/q2*-1;;;2*+2/p-2/b2*6-2+;;;;. The molecule has 0 unspecified atom stereocenters. The van der Waals surface area contributed by atoms with Crippen LogP contribution in [0.25, 0.3) is 12.2 Å². The van der Waals surface area contributed by atoms with Crippen molar-refractivity contribution < 1.29 is 66.9 Å². The van der Waals surface area contributed by atoms with Gasteiger partial charge < -0.3 is 24.8 Å². The number of halogens is 2. The van der Waals surface area contributed by atoms with Gasteiger partial charge in [0.25, 0.3) is 0 Å². The van der Waals surface area contributed by atoms with Crippen LogP contribution in [-0.4, -0.2) is 0 Å². The van der Waals surface area contributed by atoms with E-state index in [1.165, 1.54) is 11.1 Å². The van der Waals surface area contributed by atoms with Gasteiger partial charge in [-0.05, 0) is 0 Å². The summed E-state index contributed by atoms with van der Waals surface area (Å²) in [6.45, 7) is 7.20. The Bertz CT molecular complexity index is 435. The summed E-state index contributed by atoms with van der Waals surface area (Å²) in [5, 5.41) is 0. The maximum Gasteiger partial charge on any atom is 2.00 e. The van der Waals surface area contributed by atoms with Crippen LogP contribution in [0.2, 0.25) is 0 Å². The summed E-state index contributed by atoms with van der Waals surface area (Å²) in [5.74, 6) is 0. The van der Waals surface area contributed by atoms with E-state index in [2.05, 4.69) is 13.8 Å². The molecular weight excluding hydrogens is 677 g/mol. The summed E-state index contributed by atoms with van der Waals surface area (Å²) in [5.41, 5.74) is 2.40. The molecule has 0 atom stereocenters. The maximum absolute atomic E-state index is 3.60. The molecule has 0 spiro atoms. The van der Waals surface area contributed by atoms with Crippen LogP contribution in [0, 0.1) is 13.8 Å².